The molecule has 1 aromatic heterocycles. The predicted octanol–water partition coefficient (Wildman–Crippen LogP) is 3.39. The highest BCUT2D eigenvalue weighted by Gasteiger charge is 2.13. The highest BCUT2D eigenvalue weighted by atomic mass is 32.1. The number of anilines is 1. The molecule has 128 valence electrons. The monoisotopic (exact) mass is 346 g/mol. The van der Waals surface area contributed by atoms with Crippen LogP contribution < -0.4 is 14.8 Å². The van der Waals surface area contributed by atoms with Gasteiger partial charge in [-0.3, -0.25) is 9.69 Å². The van der Waals surface area contributed by atoms with E-state index in [0.717, 1.165) is 6.54 Å². The van der Waals surface area contributed by atoms with Crippen LogP contribution in [0.2, 0.25) is 0 Å². The minimum absolute atomic E-state index is 0.100. The van der Waals surface area contributed by atoms with Gasteiger partial charge in [0.15, 0.2) is 0 Å². The summed E-state index contributed by atoms with van der Waals surface area (Å²) in [5.74, 6) is 1.14. The third-order valence-electron chi connectivity index (χ3n) is 3.40. The van der Waals surface area contributed by atoms with Crippen LogP contribution in [0.25, 0.3) is 0 Å². The van der Waals surface area contributed by atoms with Crippen LogP contribution in [0.4, 0.5) is 5.69 Å². The van der Waals surface area contributed by atoms with Crippen LogP contribution >= 0.6 is 11.3 Å². The first kappa shape index (κ1) is 18.0. The highest BCUT2D eigenvalue weighted by molar-refractivity contribution is 7.09. The predicted molar refractivity (Wildman–Crippen MR) is 98.0 cm³/mol. The molecule has 0 atom stereocenters. The van der Waals surface area contributed by atoms with Crippen LogP contribution in [-0.4, -0.2) is 38.1 Å². The van der Waals surface area contributed by atoms with Crippen LogP contribution in [0.1, 0.15) is 4.88 Å². The van der Waals surface area contributed by atoms with Crippen molar-refractivity contribution in [2.45, 2.75) is 6.54 Å². The number of benzene rings is 1. The van der Waals surface area contributed by atoms with Gasteiger partial charge in [0.1, 0.15) is 11.5 Å². The van der Waals surface area contributed by atoms with Crippen LogP contribution in [0, 0.1) is 0 Å². The van der Waals surface area contributed by atoms with E-state index in [0.29, 0.717) is 23.7 Å². The molecule has 2 aromatic rings. The molecule has 2 rings (SSSR count). The number of amides is 1. The van der Waals surface area contributed by atoms with E-state index in [4.69, 9.17) is 9.47 Å². The molecule has 24 heavy (non-hydrogen) atoms. The number of hydrogen-bond donors (Lipinski definition) is 1. The summed E-state index contributed by atoms with van der Waals surface area (Å²) in [6.45, 7) is 5.40. The smallest absolute Gasteiger partial charge is 0.238 e. The lowest BCUT2D eigenvalue weighted by Crippen LogP contribution is -2.32. The quantitative estimate of drug-likeness (QED) is 0.707. The van der Waals surface area contributed by atoms with Crippen molar-refractivity contribution in [2.24, 2.45) is 0 Å². The van der Waals surface area contributed by atoms with Gasteiger partial charge >= 0.3 is 0 Å². The summed E-state index contributed by atoms with van der Waals surface area (Å²) in [6, 6.07) is 9.36. The standard InChI is InChI=1S/C18H22N2O3S/c1-4-9-20(12-15-6-5-10-24-15)13-18(21)19-16-8-7-14(22-2)11-17(16)23-3/h4-8,10-11H,1,9,12-13H2,2-3H3,(H,19,21). The second-order valence-corrected chi connectivity index (χ2v) is 6.18. The minimum atomic E-state index is -0.100. The zero-order valence-corrected chi connectivity index (χ0v) is 14.8. The molecule has 1 amide bonds. The molecule has 5 nitrogen and oxygen atoms in total. The van der Waals surface area contributed by atoms with E-state index in [9.17, 15) is 4.79 Å². The Morgan fingerprint density at radius 2 is 2.17 bits per heavy atom. The summed E-state index contributed by atoms with van der Waals surface area (Å²) < 4.78 is 10.5. The van der Waals surface area contributed by atoms with Gasteiger partial charge in [0.25, 0.3) is 0 Å². The lowest BCUT2D eigenvalue weighted by Gasteiger charge is -2.20. The molecule has 1 heterocycles. The molecule has 0 radical (unpaired) electrons. The average molecular weight is 346 g/mol. The maximum absolute atomic E-state index is 12.4. The first-order chi connectivity index (χ1) is 11.7. The van der Waals surface area contributed by atoms with Gasteiger partial charge < -0.3 is 14.8 Å². The first-order valence-electron chi connectivity index (χ1n) is 7.53. The molecule has 0 aliphatic carbocycles. The van der Waals surface area contributed by atoms with Gasteiger partial charge in [-0.1, -0.05) is 12.1 Å². The van der Waals surface area contributed by atoms with Crippen molar-refractivity contribution >= 4 is 22.9 Å². The Morgan fingerprint density at radius 3 is 2.79 bits per heavy atom. The molecule has 0 aliphatic heterocycles. The molecule has 6 heteroatoms. The fourth-order valence-corrected chi connectivity index (χ4v) is 3.03. The Hall–Kier alpha value is -2.31. The van der Waals surface area contributed by atoms with E-state index in [1.165, 1.54) is 4.88 Å². The Kier molecular flexibility index (Phi) is 6.84. The summed E-state index contributed by atoms with van der Waals surface area (Å²) >= 11 is 1.68. The molecule has 0 unspecified atom stereocenters. The van der Waals surface area contributed by atoms with E-state index in [1.54, 1.807) is 49.8 Å². The number of nitrogens with one attached hydrogen (secondary N) is 1. The van der Waals surface area contributed by atoms with Gasteiger partial charge in [0.05, 0.1) is 26.5 Å². The van der Waals surface area contributed by atoms with Crippen molar-refractivity contribution in [1.29, 1.82) is 0 Å². The van der Waals surface area contributed by atoms with Gasteiger partial charge in [0.2, 0.25) is 5.91 Å². The topological polar surface area (TPSA) is 50.8 Å². The van der Waals surface area contributed by atoms with Gasteiger partial charge in [-0.05, 0) is 23.6 Å². The Balaban J connectivity index is 2.01. The fourth-order valence-electron chi connectivity index (χ4n) is 2.29. The van der Waals surface area contributed by atoms with E-state index in [-0.39, 0.29) is 12.5 Å². The van der Waals surface area contributed by atoms with Crippen LogP contribution in [0.15, 0.2) is 48.4 Å². The molecular formula is C18H22N2O3S. The van der Waals surface area contributed by atoms with E-state index >= 15 is 0 Å². The molecule has 1 N–H and O–H groups in total. The van der Waals surface area contributed by atoms with E-state index < -0.39 is 0 Å². The first-order valence-corrected chi connectivity index (χ1v) is 8.41. The average Bonchev–Trinajstić information content (AvgIpc) is 3.08. The molecule has 1 aromatic carbocycles. The number of methoxy groups -OCH3 is 2. The summed E-state index contributed by atoms with van der Waals surface area (Å²) in [5, 5.41) is 4.92. The molecule has 0 bridgehead atoms. The lowest BCUT2D eigenvalue weighted by molar-refractivity contribution is -0.117. The summed E-state index contributed by atoms with van der Waals surface area (Å²) in [7, 11) is 3.15. The molecular weight excluding hydrogens is 324 g/mol. The van der Waals surface area contributed by atoms with E-state index in [1.807, 2.05) is 16.3 Å². The fraction of sp³-hybridized carbons (Fsp3) is 0.278. The largest absolute Gasteiger partial charge is 0.497 e. The molecule has 0 spiro atoms. The summed E-state index contributed by atoms with van der Waals surface area (Å²) in [6.07, 6.45) is 1.80. The second-order valence-electron chi connectivity index (χ2n) is 5.15. The second kappa shape index (κ2) is 9.10. The zero-order chi connectivity index (χ0) is 17.4. The van der Waals surface area contributed by atoms with Crippen molar-refractivity contribution < 1.29 is 14.3 Å². The Bertz CT molecular complexity index is 671. The summed E-state index contributed by atoms with van der Waals surface area (Å²) in [4.78, 5) is 15.6. The molecule has 0 saturated heterocycles. The van der Waals surface area contributed by atoms with Crippen molar-refractivity contribution in [3.8, 4) is 11.5 Å². The molecule has 0 fully saturated rings. The normalized spacial score (nSPS) is 10.5. The zero-order valence-electron chi connectivity index (χ0n) is 14.0. The number of carbonyl (C=O) groups is 1. The third kappa shape index (κ3) is 5.11. The molecule has 0 saturated carbocycles. The third-order valence-corrected chi connectivity index (χ3v) is 4.26. The SMILES string of the molecule is C=CCN(CC(=O)Nc1ccc(OC)cc1OC)Cc1cccs1. The van der Waals surface area contributed by atoms with Crippen molar-refractivity contribution in [1.82, 2.24) is 4.90 Å². The summed E-state index contributed by atoms with van der Waals surface area (Å²) in [5.41, 5.74) is 0.623. The van der Waals surface area contributed by atoms with Crippen molar-refractivity contribution in [2.75, 3.05) is 32.6 Å². The van der Waals surface area contributed by atoms with Crippen molar-refractivity contribution in [3.63, 3.8) is 0 Å². The Morgan fingerprint density at radius 1 is 1.33 bits per heavy atom. The van der Waals surface area contributed by atoms with Gasteiger partial charge in [-0.2, -0.15) is 0 Å². The maximum atomic E-state index is 12.4. The number of rotatable bonds is 9. The minimum Gasteiger partial charge on any atom is -0.497 e. The van der Waals surface area contributed by atoms with Gasteiger partial charge in [-0.15, -0.1) is 17.9 Å². The number of carbonyl (C=O) groups excluding carboxylic acids is 1. The number of hydrogen-bond acceptors (Lipinski definition) is 5. The lowest BCUT2D eigenvalue weighted by atomic mass is 10.2. The number of thiophene rings is 1. The molecule has 0 aliphatic rings. The van der Waals surface area contributed by atoms with E-state index in [2.05, 4.69) is 18.0 Å². The van der Waals surface area contributed by atoms with Crippen molar-refractivity contribution in [3.05, 3.63) is 53.2 Å². The Labute approximate surface area is 146 Å². The van der Waals surface area contributed by atoms with Crippen LogP contribution in [-0.2, 0) is 11.3 Å². The maximum Gasteiger partial charge on any atom is 0.238 e. The highest BCUT2D eigenvalue weighted by Crippen LogP contribution is 2.29. The van der Waals surface area contributed by atoms with Gasteiger partial charge in [-0.25, -0.2) is 0 Å². The van der Waals surface area contributed by atoms with Gasteiger partial charge in [0, 0.05) is 24.0 Å². The number of ether oxygens (including phenoxy) is 2. The van der Waals surface area contributed by atoms with Crippen LogP contribution in [0.3, 0.4) is 0 Å². The van der Waals surface area contributed by atoms with Crippen LogP contribution in [0.5, 0.6) is 11.5 Å². The number of nitrogens with zero attached hydrogens (tertiary/aromatic N) is 1.